The van der Waals surface area contributed by atoms with Crippen molar-refractivity contribution in [1.29, 1.82) is 5.26 Å². The number of imidazole rings is 1. The van der Waals surface area contributed by atoms with Gasteiger partial charge < -0.3 is 9.55 Å². The van der Waals surface area contributed by atoms with Crippen LogP contribution < -0.4 is 0 Å². The van der Waals surface area contributed by atoms with Gasteiger partial charge >= 0.3 is 0 Å². The predicted octanol–water partition coefficient (Wildman–Crippen LogP) is 2.55. The Hall–Kier alpha value is -2.39. The molecule has 0 saturated carbocycles. The van der Waals surface area contributed by atoms with Crippen LogP contribution in [-0.2, 0) is 20.0 Å². The van der Waals surface area contributed by atoms with Crippen molar-refractivity contribution in [2.24, 2.45) is 7.05 Å². The van der Waals surface area contributed by atoms with Gasteiger partial charge in [0.05, 0.1) is 28.4 Å². The van der Waals surface area contributed by atoms with E-state index in [1.54, 1.807) is 10.7 Å². The van der Waals surface area contributed by atoms with E-state index in [1.807, 2.05) is 36.0 Å². The van der Waals surface area contributed by atoms with E-state index in [4.69, 9.17) is 17.5 Å². The largest absolute Gasteiger partial charge is 0.331 e. The number of fused-ring (bicyclic) bond motifs is 1. The summed E-state index contributed by atoms with van der Waals surface area (Å²) in [5.41, 5.74) is 3.58. The molecule has 3 rings (SSSR count). The smallest absolute Gasteiger partial charge is 0.178 e. The summed E-state index contributed by atoms with van der Waals surface area (Å²) in [5.74, 6) is 0. The fourth-order valence-electron chi connectivity index (χ4n) is 2.27. The molecular formula is C14H13N5S. The zero-order valence-corrected chi connectivity index (χ0v) is 11.8. The molecule has 1 aromatic carbocycles. The average Bonchev–Trinajstić information content (AvgIpc) is 2.98. The van der Waals surface area contributed by atoms with Gasteiger partial charge in [-0.05, 0) is 36.5 Å². The zero-order chi connectivity index (χ0) is 14.1. The van der Waals surface area contributed by atoms with Crippen LogP contribution in [-0.4, -0.2) is 19.3 Å². The monoisotopic (exact) mass is 283 g/mol. The first-order chi connectivity index (χ1) is 9.67. The Morgan fingerprint density at radius 1 is 1.40 bits per heavy atom. The van der Waals surface area contributed by atoms with Crippen molar-refractivity contribution in [2.75, 3.05) is 0 Å². The first-order valence-electron chi connectivity index (χ1n) is 6.28. The normalized spacial score (nSPS) is 10.8. The van der Waals surface area contributed by atoms with Crippen LogP contribution in [0.15, 0.2) is 30.5 Å². The zero-order valence-electron chi connectivity index (χ0n) is 11.0. The molecule has 0 aliphatic rings. The van der Waals surface area contributed by atoms with Crippen LogP contribution in [0, 0.1) is 16.1 Å². The first-order valence-corrected chi connectivity index (χ1v) is 6.69. The van der Waals surface area contributed by atoms with Gasteiger partial charge in [0.15, 0.2) is 4.77 Å². The molecule has 2 heterocycles. The second-order valence-electron chi connectivity index (χ2n) is 4.66. The van der Waals surface area contributed by atoms with E-state index in [0.717, 1.165) is 29.7 Å². The van der Waals surface area contributed by atoms with E-state index >= 15 is 0 Å². The van der Waals surface area contributed by atoms with Crippen LogP contribution >= 0.6 is 12.2 Å². The molecule has 5 nitrogen and oxygen atoms in total. The lowest BCUT2D eigenvalue weighted by Gasteiger charge is -2.03. The molecular weight excluding hydrogens is 270 g/mol. The van der Waals surface area contributed by atoms with Gasteiger partial charge in [-0.15, -0.1) is 0 Å². The molecule has 3 aromatic rings. The number of aromatic nitrogens is 4. The summed E-state index contributed by atoms with van der Waals surface area (Å²) >= 11 is 5.35. The van der Waals surface area contributed by atoms with E-state index < -0.39 is 0 Å². The summed E-state index contributed by atoms with van der Waals surface area (Å²) in [6.07, 6.45) is 2.73. The number of benzene rings is 1. The standard InChI is InChI=1S/C14H13N5S/c1-18-6-4-11(17-18)5-7-19-13-8-10(9-15)2-3-12(13)16-14(19)20/h2-4,6,8H,5,7H2,1H3,(H,16,20). The van der Waals surface area contributed by atoms with Crippen molar-refractivity contribution in [3.63, 3.8) is 0 Å². The number of rotatable bonds is 3. The van der Waals surface area contributed by atoms with Gasteiger partial charge in [0, 0.05) is 26.2 Å². The molecule has 0 aliphatic carbocycles. The van der Waals surface area contributed by atoms with Gasteiger partial charge in [-0.25, -0.2) is 0 Å². The molecule has 0 fully saturated rings. The molecule has 6 heteroatoms. The minimum absolute atomic E-state index is 0.637. The van der Waals surface area contributed by atoms with Gasteiger partial charge in [0.25, 0.3) is 0 Å². The van der Waals surface area contributed by atoms with Crippen molar-refractivity contribution in [1.82, 2.24) is 19.3 Å². The number of nitrogens with one attached hydrogen (secondary N) is 1. The Balaban J connectivity index is 1.96. The Morgan fingerprint density at radius 2 is 2.25 bits per heavy atom. The maximum Gasteiger partial charge on any atom is 0.178 e. The molecule has 0 unspecified atom stereocenters. The van der Waals surface area contributed by atoms with E-state index in [2.05, 4.69) is 16.2 Å². The van der Waals surface area contributed by atoms with Crippen molar-refractivity contribution in [3.8, 4) is 6.07 Å². The number of H-pyrrole nitrogens is 1. The number of hydrogen-bond donors (Lipinski definition) is 1. The maximum atomic E-state index is 9.00. The maximum absolute atomic E-state index is 9.00. The Labute approximate surface area is 121 Å². The molecule has 1 N–H and O–H groups in total. The summed E-state index contributed by atoms with van der Waals surface area (Å²) in [5, 5.41) is 13.4. The molecule has 0 spiro atoms. The minimum atomic E-state index is 0.637. The summed E-state index contributed by atoms with van der Waals surface area (Å²) < 4.78 is 4.48. The molecule has 0 radical (unpaired) electrons. The summed E-state index contributed by atoms with van der Waals surface area (Å²) in [6, 6.07) is 9.69. The number of nitrogens with zero attached hydrogens (tertiary/aromatic N) is 4. The molecule has 0 bridgehead atoms. The molecule has 2 aromatic heterocycles. The summed E-state index contributed by atoms with van der Waals surface area (Å²) in [6.45, 7) is 0.741. The third kappa shape index (κ3) is 2.24. The van der Waals surface area contributed by atoms with Crippen molar-refractivity contribution in [3.05, 3.63) is 46.5 Å². The van der Waals surface area contributed by atoms with E-state index in [1.165, 1.54) is 0 Å². The Morgan fingerprint density at radius 3 is 2.95 bits per heavy atom. The minimum Gasteiger partial charge on any atom is -0.331 e. The van der Waals surface area contributed by atoms with Gasteiger partial charge in [-0.1, -0.05) is 0 Å². The van der Waals surface area contributed by atoms with Crippen LogP contribution in [0.5, 0.6) is 0 Å². The van der Waals surface area contributed by atoms with Crippen molar-refractivity contribution >= 4 is 23.3 Å². The number of hydrogen-bond acceptors (Lipinski definition) is 3. The first kappa shape index (κ1) is 12.6. The highest BCUT2D eigenvalue weighted by atomic mass is 32.1. The van der Waals surface area contributed by atoms with Crippen LogP contribution in [0.2, 0.25) is 0 Å². The van der Waals surface area contributed by atoms with E-state index in [-0.39, 0.29) is 0 Å². The average molecular weight is 283 g/mol. The third-order valence-corrected chi connectivity index (χ3v) is 3.59. The van der Waals surface area contributed by atoms with Gasteiger partial charge in [-0.2, -0.15) is 10.4 Å². The Kier molecular flexibility index (Phi) is 3.12. The summed E-state index contributed by atoms with van der Waals surface area (Å²) in [7, 11) is 1.90. The molecule has 0 atom stereocenters. The number of aryl methyl sites for hydroxylation is 3. The van der Waals surface area contributed by atoms with Crippen molar-refractivity contribution < 1.29 is 0 Å². The predicted molar refractivity (Wildman–Crippen MR) is 78.7 cm³/mol. The van der Waals surface area contributed by atoms with Crippen LogP contribution in [0.4, 0.5) is 0 Å². The highest BCUT2D eigenvalue weighted by molar-refractivity contribution is 7.71. The summed E-state index contributed by atoms with van der Waals surface area (Å²) in [4.78, 5) is 3.16. The second-order valence-corrected chi connectivity index (χ2v) is 5.04. The van der Waals surface area contributed by atoms with Crippen LogP contribution in [0.1, 0.15) is 11.3 Å². The van der Waals surface area contributed by atoms with Crippen molar-refractivity contribution in [2.45, 2.75) is 13.0 Å². The Bertz CT molecular complexity index is 862. The lowest BCUT2D eigenvalue weighted by molar-refractivity contribution is 0.671. The van der Waals surface area contributed by atoms with E-state index in [9.17, 15) is 0 Å². The fourth-order valence-corrected chi connectivity index (χ4v) is 2.57. The quantitative estimate of drug-likeness (QED) is 0.751. The van der Waals surface area contributed by atoms with E-state index in [0.29, 0.717) is 10.3 Å². The van der Waals surface area contributed by atoms with Crippen LogP contribution in [0.3, 0.4) is 0 Å². The molecule has 20 heavy (non-hydrogen) atoms. The molecule has 0 amide bonds. The van der Waals surface area contributed by atoms with Crippen LogP contribution in [0.25, 0.3) is 11.0 Å². The molecule has 100 valence electrons. The fraction of sp³-hybridized carbons (Fsp3) is 0.214. The lowest BCUT2D eigenvalue weighted by Crippen LogP contribution is -2.02. The SMILES string of the molecule is Cn1ccc(CCn2c(=S)[nH]c3ccc(C#N)cc32)n1. The third-order valence-electron chi connectivity index (χ3n) is 3.26. The molecule has 0 aliphatic heterocycles. The van der Waals surface area contributed by atoms with Gasteiger partial charge in [-0.3, -0.25) is 4.68 Å². The lowest BCUT2D eigenvalue weighted by atomic mass is 10.2. The highest BCUT2D eigenvalue weighted by Gasteiger charge is 2.06. The number of aromatic amines is 1. The second kappa shape index (κ2) is 4.94. The molecule has 0 saturated heterocycles. The van der Waals surface area contributed by atoms with Gasteiger partial charge in [0.1, 0.15) is 0 Å². The topological polar surface area (TPSA) is 62.3 Å². The number of nitriles is 1. The van der Waals surface area contributed by atoms with Gasteiger partial charge in [0.2, 0.25) is 0 Å². The highest BCUT2D eigenvalue weighted by Crippen LogP contribution is 2.16.